The lowest BCUT2D eigenvalue weighted by Gasteiger charge is -2.13. The summed E-state index contributed by atoms with van der Waals surface area (Å²) in [4.78, 5) is 12.4. The molecule has 0 atom stereocenters. The maximum atomic E-state index is 12.4. The van der Waals surface area contributed by atoms with Gasteiger partial charge in [0.2, 0.25) is 0 Å². The lowest BCUT2D eigenvalue weighted by atomic mass is 10.1. The molecule has 2 aromatic carbocycles. The van der Waals surface area contributed by atoms with Gasteiger partial charge in [0.1, 0.15) is 5.75 Å². The molecule has 0 radical (unpaired) electrons. The van der Waals surface area contributed by atoms with Gasteiger partial charge in [0.05, 0.1) is 13.2 Å². The van der Waals surface area contributed by atoms with E-state index in [0.717, 1.165) is 5.56 Å². The SMILES string of the molecule is CCOc1ccc(C(=O)NCc2ccc(OCC(F)(F)F)cc2)cc1OCC. The second kappa shape index (κ2) is 9.87. The Hall–Kier alpha value is -2.90. The number of ether oxygens (including phenoxy) is 3. The molecule has 0 spiro atoms. The molecule has 0 saturated carbocycles. The second-order valence-electron chi connectivity index (χ2n) is 5.76. The minimum Gasteiger partial charge on any atom is -0.490 e. The maximum Gasteiger partial charge on any atom is 0.422 e. The third-order valence-corrected chi connectivity index (χ3v) is 3.58. The zero-order valence-corrected chi connectivity index (χ0v) is 15.6. The lowest BCUT2D eigenvalue weighted by Crippen LogP contribution is -2.23. The smallest absolute Gasteiger partial charge is 0.422 e. The zero-order valence-electron chi connectivity index (χ0n) is 15.6. The molecule has 0 aliphatic heterocycles. The fourth-order valence-electron chi connectivity index (χ4n) is 2.35. The molecule has 2 aromatic rings. The summed E-state index contributed by atoms with van der Waals surface area (Å²) in [5.74, 6) is 0.861. The number of rotatable bonds is 9. The average molecular weight is 397 g/mol. The van der Waals surface area contributed by atoms with Gasteiger partial charge in [-0.3, -0.25) is 4.79 Å². The van der Waals surface area contributed by atoms with E-state index in [0.29, 0.717) is 30.3 Å². The van der Waals surface area contributed by atoms with E-state index in [1.165, 1.54) is 12.1 Å². The molecule has 0 saturated heterocycles. The highest BCUT2D eigenvalue weighted by Crippen LogP contribution is 2.28. The minimum atomic E-state index is -4.38. The largest absolute Gasteiger partial charge is 0.490 e. The van der Waals surface area contributed by atoms with Crippen molar-refractivity contribution in [2.24, 2.45) is 0 Å². The van der Waals surface area contributed by atoms with Crippen molar-refractivity contribution in [1.82, 2.24) is 5.32 Å². The van der Waals surface area contributed by atoms with Gasteiger partial charge >= 0.3 is 6.18 Å². The Balaban J connectivity index is 1.95. The summed E-state index contributed by atoms with van der Waals surface area (Å²) < 4.78 is 52.1. The number of amides is 1. The molecule has 8 heteroatoms. The summed E-state index contributed by atoms with van der Waals surface area (Å²) in [6.07, 6.45) is -4.38. The molecule has 5 nitrogen and oxygen atoms in total. The molecular formula is C20H22F3NO4. The Morgan fingerprint density at radius 1 is 0.929 bits per heavy atom. The van der Waals surface area contributed by atoms with Crippen LogP contribution in [0.3, 0.4) is 0 Å². The lowest BCUT2D eigenvalue weighted by molar-refractivity contribution is -0.153. The molecule has 0 heterocycles. The molecule has 0 aliphatic rings. The van der Waals surface area contributed by atoms with Crippen LogP contribution >= 0.6 is 0 Å². The van der Waals surface area contributed by atoms with Gasteiger partial charge in [-0.25, -0.2) is 0 Å². The Labute approximate surface area is 161 Å². The van der Waals surface area contributed by atoms with E-state index in [1.807, 2.05) is 13.8 Å². The first-order valence-electron chi connectivity index (χ1n) is 8.78. The molecule has 0 aromatic heterocycles. The van der Waals surface area contributed by atoms with Crippen LogP contribution in [-0.2, 0) is 6.54 Å². The molecule has 0 aliphatic carbocycles. The summed E-state index contributed by atoms with van der Waals surface area (Å²) in [6, 6.07) is 11.0. The molecule has 0 bridgehead atoms. The highest BCUT2D eigenvalue weighted by atomic mass is 19.4. The van der Waals surface area contributed by atoms with Gasteiger partial charge in [0.15, 0.2) is 18.1 Å². The minimum absolute atomic E-state index is 0.111. The van der Waals surface area contributed by atoms with E-state index in [4.69, 9.17) is 9.47 Å². The van der Waals surface area contributed by atoms with E-state index in [-0.39, 0.29) is 18.2 Å². The summed E-state index contributed by atoms with van der Waals surface area (Å²) in [6.45, 7) is 3.49. The first-order chi connectivity index (χ1) is 13.3. The highest BCUT2D eigenvalue weighted by Gasteiger charge is 2.28. The van der Waals surface area contributed by atoms with E-state index in [1.54, 1.807) is 30.3 Å². The number of alkyl halides is 3. The van der Waals surface area contributed by atoms with Crippen LogP contribution in [0.2, 0.25) is 0 Å². The van der Waals surface area contributed by atoms with Gasteiger partial charge < -0.3 is 19.5 Å². The van der Waals surface area contributed by atoms with Crippen molar-refractivity contribution in [3.8, 4) is 17.2 Å². The molecule has 1 N–H and O–H groups in total. The summed E-state index contributed by atoms with van der Waals surface area (Å²) in [5.41, 5.74) is 1.14. The Morgan fingerprint density at radius 3 is 2.18 bits per heavy atom. The third kappa shape index (κ3) is 6.68. The molecule has 28 heavy (non-hydrogen) atoms. The topological polar surface area (TPSA) is 56.8 Å². The van der Waals surface area contributed by atoms with Gasteiger partial charge in [-0.1, -0.05) is 12.1 Å². The van der Waals surface area contributed by atoms with Crippen molar-refractivity contribution < 1.29 is 32.2 Å². The van der Waals surface area contributed by atoms with Crippen LogP contribution in [0.4, 0.5) is 13.2 Å². The van der Waals surface area contributed by atoms with Crippen molar-refractivity contribution in [1.29, 1.82) is 0 Å². The van der Waals surface area contributed by atoms with Gasteiger partial charge in [-0.15, -0.1) is 0 Å². The van der Waals surface area contributed by atoms with Gasteiger partial charge in [0, 0.05) is 12.1 Å². The first kappa shape index (κ1) is 21.4. The van der Waals surface area contributed by atoms with E-state index in [9.17, 15) is 18.0 Å². The fraction of sp³-hybridized carbons (Fsp3) is 0.350. The number of halogens is 3. The highest BCUT2D eigenvalue weighted by molar-refractivity contribution is 5.94. The van der Waals surface area contributed by atoms with Crippen molar-refractivity contribution in [2.45, 2.75) is 26.6 Å². The standard InChI is InChI=1S/C20H22F3NO4/c1-3-26-17-10-7-15(11-18(17)27-4-2)19(25)24-12-14-5-8-16(9-6-14)28-13-20(21,22)23/h5-11H,3-4,12-13H2,1-2H3,(H,24,25). The summed E-state index contributed by atoms with van der Waals surface area (Å²) >= 11 is 0. The number of benzene rings is 2. The summed E-state index contributed by atoms with van der Waals surface area (Å²) in [5, 5.41) is 2.76. The number of carbonyl (C=O) groups excluding carboxylic acids is 1. The van der Waals surface area contributed by atoms with Gasteiger partial charge in [-0.2, -0.15) is 13.2 Å². The van der Waals surface area contributed by atoms with E-state index < -0.39 is 12.8 Å². The fourth-order valence-corrected chi connectivity index (χ4v) is 2.35. The molecule has 0 unspecified atom stereocenters. The van der Waals surface area contributed by atoms with Gasteiger partial charge in [-0.05, 0) is 49.7 Å². The molecular weight excluding hydrogens is 375 g/mol. The van der Waals surface area contributed by atoms with Crippen molar-refractivity contribution in [3.63, 3.8) is 0 Å². The van der Waals surface area contributed by atoms with Crippen molar-refractivity contribution in [2.75, 3.05) is 19.8 Å². The first-order valence-corrected chi connectivity index (χ1v) is 8.78. The van der Waals surface area contributed by atoms with Crippen molar-refractivity contribution >= 4 is 5.91 Å². The summed E-state index contributed by atoms with van der Waals surface area (Å²) in [7, 11) is 0. The Kier molecular flexibility index (Phi) is 7.54. The zero-order chi connectivity index (χ0) is 20.6. The number of carbonyl (C=O) groups is 1. The number of nitrogens with one attached hydrogen (secondary N) is 1. The maximum absolute atomic E-state index is 12.4. The Bertz CT molecular complexity index is 776. The van der Waals surface area contributed by atoms with Gasteiger partial charge in [0.25, 0.3) is 5.91 Å². The third-order valence-electron chi connectivity index (χ3n) is 3.58. The predicted molar refractivity (Wildman–Crippen MR) is 97.9 cm³/mol. The van der Waals surface area contributed by atoms with E-state index >= 15 is 0 Å². The normalized spacial score (nSPS) is 11.0. The quantitative estimate of drug-likeness (QED) is 0.683. The van der Waals surface area contributed by atoms with Crippen LogP contribution in [-0.4, -0.2) is 31.9 Å². The second-order valence-corrected chi connectivity index (χ2v) is 5.76. The van der Waals surface area contributed by atoms with Crippen LogP contribution < -0.4 is 19.5 Å². The Morgan fingerprint density at radius 2 is 1.57 bits per heavy atom. The predicted octanol–water partition coefficient (Wildman–Crippen LogP) is 4.36. The number of hydrogen-bond acceptors (Lipinski definition) is 4. The molecule has 0 fully saturated rings. The van der Waals surface area contributed by atoms with Crippen LogP contribution in [0.25, 0.3) is 0 Å². The molecule has 2 rings (SSSR count). The average Bonchev–Trinajstić information content (AvgIpc) is 2.66. The van der Waals surface area contributed by atoms with Crippen LogP contribution in [0.5, 0.6) is 17.2 Å². The van der Waals surface area contributed by atoms with E-state index in [2.05, 4.69) is 10.1 Å². The monoisotopic (exact) mass is 397 g/mol. The molecule has 152 valence electrons. The van der Waals surface area contributed by atoms with Crippen LogP contribution in [0.1, 0.15) is 29.8 Å². The number of hydrogen-bond donors (Lipinski definition) is 1. The van der Waals surface area contributed by atoms with Crippen molar-refractivity contribution in [3.05, 3.63) is 53.6 Å². The molecule has 1 amide bonds. The van der Waals surface area contributed by atoms with Crippen LogP contribution in [0, 0.1) is 0 Å². The van der Waals surface area contributed by atoms with Crippen LogP contribution in [0.15, 0.2) is 42.5 Å².